The molecule has 0 amide bonds. The number of hydrazone groups is 1. The molecule has 1 aromatic carbocycles. The molecule has 2 aliphatic rings. The highest BCUT2D eigenvalue weighted by Crippen LogP contribution is 2.34. The molecule has 0 saturated carbocycles. The van der Waals surface area contributed by atoms with E-state index in [2.05, 4.69) is 47.9 Å². The Balaban J connectivity index is 1.60. The van der Waals surface area contributed by atoms with Gasteiger partial charge in [0.05, 0.1) is 26.4 Å². The predicted octanol–water partition coefficient (Wildman–Crippen LogP) is 1.95. The molecule has 7 nitrogen and oxygen atoms in total. The standard InChI is InChI=1S/C21H32N4O3/c1-15-7-16(25-10-21(4,11-25)12-26)5-6-17(15)18(24-22)8-23-9-19-27-13-20(2,3)14-28-19/h5-8,19,26H,9-14,22H2,1-4H3/b23-8?,24-18+. The van der Waals surface area contributed by atoms with Gasteiger partial charge in [-0.15, -0.1) is 0 Å². The summed E-state index contributed by atoms with van der Waals surface area (Å²) in [5.74, 6) is 5.61. The van der Waals surface area contributed by atoms with Crippen LogP contribution in [0.3, 0.4) is 0 Å². The van der Waals surface area contributed by atoms with Crippen LogP contribution in [0.15, 0.2) is 28.3 Å². The summed E-state index contributed by atoms with van der Waals surface area (Å²) >= 11 is 0. The van der Waals surface area contributed by atoms with Gasteiger partial charge in [0.15, 0.2) is 6.29 Å². The van der Waals surface area contributed by atoms with Crippen molar-refractivity contribution in [3.05, 3.63) is 29.3 Å². The Morgan fingerprint density at radius 3 is 2.54 bits per heavy atom. The largest absolute Gasteiger partial charge is 0.396 e. The van der Waals surface area contributed by atoms with Gasteiger partial charge in [-0.25, -0.2) is 0 Å². The fourth-order valence-corrected chi connectivity index (χ4v) is 3.52. The number of aliphatic hydroxyl groups excluding tert-OH is 1. The summed E-state index contributed by atoms with van der Waals surface area (Å²) in [5, 5.41) is 13.3. The molecule has 2 fully saturated rings. The lowest BCUT2D eigenvalue weighted by atomic mass is 9.82. The first kappa shape index (κ1) is 20.8. The number of hydrogen-bond donors (Lipinski definition) is 2. The molecule has 2 heterocycles. The van der Waals surface area contributed by atoms with E-state index in [1.165, 1.54) is 0 Å². The van der Waals surface area contributed by atoms with Crippen molar-refractivity contribution in [1.82, 2.24) is 0 Å². The van der Waals surface area contributed by atoms with Gasteiger partial charge in [-0.1, -0.05) is 26.8 Å². The maximum absolute atomic E-state index is 9.43. The van der Waals surface area contributed by atoms with Crippen molar-refractivity contribution in [3.8, 4) is 0 Å². The maximum Gasteiger partial charge on any atom is 0.176 e. The number of nitrogens with zero attached hydrogens (tertiary/aromatic N) is 3. The van der Waals surface area contributed by atoms with Crippen LogP contribution in [0.4, 0.5) is 5.69 Å². The van der Waals surface area contributed by atoms with Crippen LogP contribution in [0.1, 0.15) is 31.9 Å². The summed E-state index contributed by atoms with van der Waals surface area (Å²) in [6, 6.07) is 6.21. The van der Waals surface area contributed by atoms with Crippen LogP contribution in [0.2, 0.25) is 0 Å². The van der Waals surface area contributed by atoms with Crippen LogP contribution >= 0.6 is 0 Å². The Bertz CT molecular complexity index is 744. The van der Waals surface area contributed by atoms with Crippen LogP contribution in [0.25, 0.3) is 0 Å². The quantitative estimate of drug-likeness (QED) is 0.441. The number of rotatable bonds is 6. The molecule has 0 aliphatic carbocycles. The van der Waals surface area contributed by atoms with Crippen molar-refractivity contribution in [3.63, 3.8) is 0 Å². The molecule has 0 unspecified atom stereocenters. The van der Waals surface area contributed by atoms with E-state index in [9.17, 15) is 5.11 Å². The Morgan fingerprint density at radius 2 is 1.96 bits per heavy atom. The average Bonchev–Trinajstić information content (AvgIpc) is 2.64. The lowest BCUT2D eigenvalue weighted by molar-refractivity contribution is -0.215. The minimum Gasteiger partial charge on any atom is -0.396 e. The molecule has 3 N–H and O–H groups in total. The third kappa shape index (κ3) is 4.71. The number of nitrogens with two attached hydrogens (primary N) is 1. The van der Waals surface area contributed by atoms with E-state index in [-0.39, 0.29) is 23.7 Å². The Hall–Kier alpha value is -1.96. The number of aliphatic imine (C=N–C) groups is 1. The normalized spacial score (nSPS) is 22.5. The van der Waals surface area contributed by atoms with E-state index in [0.29, 0.717) is 25.5 Å². The second kappa shape index (κ2) is 8.19. The Labute approximate surface area is 167 Å². The minimum atomic E-state index is -0.320. The van der Waals surface area contributed by atoms with Gasteiger partial charge < -0.3 is 25.3 Å². The summed E-state index contributed by atoms with van der Waals surface area (Å²) in [7, 11) is 0. The zero-order valence-corrected chi connectivity index (χ0v) is 17.3. The SMILES string of the molecule is Cc1cc(N2CC(C)(CO)C2)ccc1/C(C=NCC1OCC(C)(C)CO1)=N/N. The number of hydrogen-bond acceptors (Lipinski definition) is 7. The Kier molecular flexibility index (Phi) is 6.07. The first-order valence-corrected chi connectivity index (χ1v) is 9.73. The molecule has 2 saturated heterocycles. The van der Waals surface area contributed by atoms with E-state index in [1.54, 1.807) is 6.21 Å². The number of anilines is 1. The molecule has 0 radical (unpaired) electrons. The van der Waals surface area contributed by atoms with Crippen molar-refractivity contribution in [2.45, 2.75) is 34.0 Å². The fraction of sp³-hybridized carbons (Fsp3) is 0.619. The number of aliphatic hydroxyl groups is 1. The summed E-state index contributed by atoms with van der Waals surface area (Å²) in [6.07, 6.45) is 1.36. The van der Waals surface area contributed by atoms with Crippen molar-refractivity contribution in [1.29, 1.82) is 0 Å². The first-order valence-electron chi connectivity index (χ1n) is 9.73. The molecular formula is C21H32N4O3. The molecular weight excluding hydrogens is 356 g/mol. The number of benzene rings is 1. The van der Waals surface area contributed by atoms with Gasteiger partial charge in [-0.2, -0.15) is 5.10 Å². The molecule has 0 atom stereocenters. The maximum atomic E-state index is 9.43. The van der Waals surface area contributed by atoms with Crippen LogP contribution in [0, 0.1) is 17.8 Å². The van der Waals surface area contributed by atoms with Gasteiger partial charge in [0, 0.05) is 41.4 Å². The fourth-order valence-electron chi connectivity index (χ4n) is 3.52. The van der Waals surface area contributed by atoms with Gasteiger partial charge in [0.25, 0.3) is 0 Å². The molecule has 154 valence electrons. The second-order valence-corrected chi connectivity index (χ2v) is 9.05. The first-order chi connectivity index (χ1) is 13.3. The molecule has 0 spiro atoms. The predicted molar refractivity (Wildman–Crippen MR) is 112 cm³/mol. The minimum absolute atomic E-state index is 0.00157. The van der Waals surface area contributed by atoms with Crippen molar-refractivity contribution in [2.75, 3.05) is 44.4 Å². The summed E-state index contributed by atoms with van der Waals surface area (Å²) in [5.41, 5.74) is 3.86. The molecule has 0 aromatic heterocycles. The highest BCUT2D eigenvalue weighted by Gasteiger charge is 2.38. The molecule has 1 aromatic rings. The molecule has 7 heteroatoms. The zero-order chi connectivity index (χ0) is 20.4. The second-order valence-electron chi connectivity index (χ2n) is 9.05. The monoisotopic (exact) mass is 388 g/mol. The lowest BCUT2D eigenvalue weighted by Gasteiger charge is -2.48. The zero-order valence-electron chi connectivity index (χ0n) is 17.3. The summed E-state index contributed by atoms with van der Waals surface area (Å²) in [6.45, 7) is 12.0. The summed E-state index contributed by atoms with van der Waals surface area (Å²) in [4.78, 5) is 6.69. The van der Waals surface area contributed by atoms with Crippen LogP contribution in [0.5, 0.6) is 0 Å². The van der Waals surface area contributed by atoms with Crippen molar-refractivity contribution < 1.29 is 14.6 Å². The third-order valence-electron chi connectivity index (χ3n) is 5.31. The van der Waals surface area contributed by atoms with E-state index < -0.39 is 0 Å². The molecule has 0 bridgehead atoms. The van der Waals surface area contributed by atoms with Crippen LogP contribution < -0.4 is 10.7 Å². The molecule has 3 rings (SSSR count). The van der Waals surface area contributed by atoms with Gasteiger partial charge in [-0.05, 0) is 24.6 Å². The molecule has 2 aliphatic heterocycles. The summed E-state index contributed by atoms with van der Waals surface area (Å²) < 4.78 is 11.4. The lowest BCUT2D eigenvalue weighted by Crippen LogP contribution is -2.56. The van der Waals surface area contributed by atoms with Crippen molar-refractivity contribution >= 4 is 17.6 Å². The van der Waals surface area contributed by atoms with Gasteiger partial charge in [0.1, 0.15) is 5.71 Å². The van der Waals surface area contributed by atoms with Crippen molar-refractivity contribution in [2.24, 2.45) is 26.8 Å². The topological polar surface area (TPSA) is 92.7 Å². The average molecular weight is 389 g/mol. The van der Waals surface area contributed by atoms with Gasteiger partial charge in [0.2, 0.25) is 0 Å². The van der Waals surface area contributed by atoms with Crippen LogP contribution in [-0.4, -0.2) is 62.8 Å². The highest BCUT2D eigenvalue weighted by atomic mass is 16.7. The van der Waals surface area contributed by atoms with E-state index in [1.807, 2.05) is 13.0 Å². The number of ether oxygens (including phenoxy) is 2. The van der Waals surface area contributed by atoms with E-state index >= 15 is 0 Å². The van der Waals surface area contributed by atoms with Crippen LogP contribution in [-0.2, 0) is 9.47 Å². The highest BCUT2D eigenvalue weighted by molar-refractivity contribution is 6.38. The van der Waals surface area contributed by atoms with Gasteiger partial charge >= 0.3 is 0 Å². The third-order valence-corrected chi connectivity index (χ3v) is 5.31. The number of aryl methyl sites for hydroxylation is 1. The Morgan fingerprint density at radius 1 is 1.29 bits per heavy atom. The van der Waals surface area contributed by atoms with Gasteiger partial charge in [-0.3, -0.25) is 4.99 Å². The van der Waals surface area contributed by atoms with E-state index in [0.717, 1.165) is 29.9 Å². The smallest absolute Gasteiger partial charge is 0.176 e. The van der Waals surface area contributed by atoms with E-state index in [4.69, 9.17) is 15.3 Å². The molecule has 28 heavy (non-hydrogen) atoms.